The lowest BCUT2D eigenvalue weighted by atomic mass is 9.87. The Balaban J connectivity index is 2.66. The predicted octanol–water partition coefficient (Wildman–Crippen LogP) is -2.44. The Morgan fingerprint density at radius 2 is 2.45 bits per heavy atom. The fourth-order valence-corrected chi connectivity index (χ4v) is 0.607. The molecule has 1 aromatic heterocycles. The molecule has 6 nitrogen and oxygen atoms in total. The first-order chi connectivity index (χ1) is 5.24. The van der Waals surface area contributed by atoms with Gasteiger partial charge in [-0.3, -0.25) is 0 Å². The van der Waals surface area contributed by atoms with Crippen LogP contribution in [0.3, 0.4) is 0 Å². The average Bonchev–Trinajstić information content (AvgIpc) is 2.37. The Morgan fingerprint density at radius 3 is 2.91 bits per heavy atom. The molecule has 0 amide bonds. The predicted molar refractivity (Wildman–Crippen MR) is 36.9 cm³/mol. The minimum Gasteiger partial charge on any atom is -0.422 e. The summed E-state index contributed by atoms with van der Waals surface area (Å²) in [6.45, 7) is 0.201. The van der Waals surface area contributed by atoms with E-state index in [0.717, 1.165) is 0 Å². The van der Waals surface area contributed by atoms with E-state index in [1.165, 1.54) is 18.1 Å². The van der Waals surface area contributed by atoms with Gasteiger partial charge in [-0.2, -0.15) is 15.0 Å². The third-order valence-electron chi connectivity index (χ3n) is 1.06. The first-order valence-electron chi connectivity index (χ1n) is 2.99. The molecule has 11 heavy (non-hydrogen) atoms. The second kappa shape index (κ2) is 3.47. The molecule has 1 rings (SSSR count). The van der Waals surface area contributed by atoms with Gasteiger partial charge in [0.1, 0.15) is 5.59 Å². The smallest absolute Gasteiger partial charge is 0.422 e. The summed E-state index contributed by atoms with van der Waals surface area (Å²) in [7, 11) is -0.0705. The lowest BCUT2D eigenvalue weighted by molar-refractivity contribution is 0.108. The molecule has 60 valence electrons. The summed E-state index contributed by atoms with van der Waals surface area (Å²) < 4.78 is 4.70. The van der Waals surface area contributed by atoms with Crippen LogP contribution in [0, 0.1) is 0 Å². The van der Waals surface area contributed by atoms with E-state index >= 15 is 0 Å². The minimum absolute atomic E-state index is 0.113. The number of aromatic nitrogens is 3. The van der Waals surface area contributed by atoms with Gasteiger partial charge in [-0.1, -0.05) is 0 Å². The molecule has 0 aliphatic rings. The Labute approximate surface area is 63.6 Å². The SMILES string of the molecule is COCn1ncc(B(O)O)n1. The zero-order chi connectivity index (χ0) is 8.27. The van der Waals surface area contributed by atoms with Crippen molar-refractivity contribution in [2.45, 2.75) is 6.73 Å². The van der Waals surface area contributed by atoms with Gasteiger partial charge in [0, 0.05) is 7.11 Å². The molecule has 0 saturated carbocycles. The molecule has 0 spiro atoms. The largest absolute Gasteiger partial charge is 0.511 e. The van der Waals surface area contributed by atoms with Crippen molar-refractivity contribution >= 4 is 12.7 Å². The van der Waals surface area contributed by atoms with Crippen LogP contribution in [0.1, 0.15) is 0 Å². The number of hydrogen-bond donors (Lipinski definition) is 2. The van der Waals surface area contributed by atoms with Gasteiger partial charge in [-0.15, -0.1) is 0 Å². The van der Waals surface area contributed by atoms with Gasteiger partial charge in [0.25, 0.3) is 0 Å². The molecular formula is C4H8BN3O3. The maximum Gasteiger partial charge on any atom is 0.511 e. The highest BCUT2D eigenvalue weighted by molar-refractivity contribution is 6.57. The van der Waals surface area contributed by atoms with Gasteiger partial charge in [-0.25, -0.2) is 0 Å². The summed E-state index contributed by atoms with van der Waals surface area (Å²) >= 11 is 0. The number of rotatable bonds is 3. The highest BCUT2D eigenvalue weighted by Gasteiger charge is 2.14. The van der Waals surface area contributed by atoms with Crippen LogP contribution in [0.4, 0.5) is 0 Å². The standard InChI is InChI=1S/C4H8BN3O3/c1-11-3-8-6-2-4(7-8)5(9)10/h2,9-10H,3H2,1H3. The first kappa shape index (κ1) is 8.18. The van der Waals surface area contributed by atoms with Crippen LogP contribution in [-0.2, 0) is 11.5 Å². The maximum absolute atomic E-state index is 8.60. The molecule has 1 heterocycles. The fraction of sp³-hybridized carbons (Fsp3) is 0.500. The maximum atomic E-state index is 8.60. The molecule has 7 heteroatoms. The summed E-state index contributed by atoms with van der Waals surface area (Å²) in [4.78, 5) is 1.22. The van der Waals surface area contributed by atoms with E-state index in [1.807, 2.05) is 0 Å². The van der Waals surface area contributed by atoms with Crippen molar-refractivity contribution in [3.8, 4) is 0 Å². The van der Waals surface area contributed by atoms with E-state index in [0.29, 0.717) is 0 Å². The van der Waals surface area contributed by atoms with E-state index in [4.69, 9.17) is 14.8 Å². The second-order valence-corrected chi connectivity index (χ2v) is 1.93. The summed E-state index contributed by atoms with van der Waals surface area (Å²) in [5.74, 6) is 0. The Hall–Kier alpha value is -0.915. The van der Waals surface area contributed by atoms with Crippen molar-refractivity contribution in [2.75, 3.05) is 7.11 Å². The third-order valence-corrected chi connectivity index (χ3v) is 1.06. The molecule has 0 unspecified atom stereocenters. The zero-order valence-corrected chi connectivity index (χ0v) is 6.01. The fourth-order valence-electron chi connectivity index (χ4n) is 0.607. The van der Waals surface area contributed by atoms with Gasteiger partial charge in [-0.05, 0) is 0 Å². The number of methoxy groups -OCH3 is 1. The van der Waals surface area contributed by atoms with Gasteiger partial charge in [0.2, 0.25) is 0 Å². The molecule has 0 radical (unpaired) electrons. The van der Waals surface area contributed by atoms with Crippen LogP contribution >= 0.6 is 0 Å². The second-order valence-electron chi connectivity index (χ2n) is 1.93. The Morgan fingerprint density at radius 1 is 1.73 bits per heavy atom. The van der Waals surface area contributed by atoms with Gasteiger partial charge < -0.3 is 14.8 Å². The van der Waals surface area contributed by atoms with Gasteiger partial charge >= 0.3 is 7.12 Å². The van der Waals surface area contributed by atoms with E-state index in [9.17, 15) is 0 Å². The van der Waals surface area contributed by atoms with E-state index in [1.54, 1.807) is 0 Å². The number of hydrogen-bond acceptors (Lipinski definition) is 5. The minimum atomic E-state index is -1.57. The zero-order valence-electron chi connectivity index (χ0n) is 6.01. The van der Waals surface area contributed by atoms with Crippen molar-refractivity contribution in [3.05, 3.63) is 6.20 Å². The van der Waals surface area contributed by atoms with Crippen LogP contribution in [0.25, 0.3) is 0 Å². The first-order valence-corrected chi connectivity index (χ1v) is 2.99. The Kier molecular flexibility index (Phi) is 2.58. The average molecular weight is 157 g/mol. The summed E-state index contributed by atoms with van der Waals surface area (Å²) in [5, 5.41) is 24.6. The highest BCUT2D eigenvalue weighted by Crippen LogP contribution is 1.77. The molecule has 0 aromatic carbocycles. The van der Waals surface area contributed by atoms with Crippen LogP contribution in [0.2, 0.25) is 0 Å². The van der Waals surface area contributed by atoms with Crippen molar-refractivity contribution in [3.63, 3.8) is 0 Å². The van der Waals surface area contributed by atoms with Gasteiger partial charge in [0.05, 0.1) is 6.20 Å². The van der Waals surface area contributed by atoms with E-state index in [-0.39, 0.29) is 12.3 Å². The van der Waals surface area contributed by atoms with Crippen LogP contribution in [0.5, 0.6) is 0 Å². The molecule has 0 aliphatic heterocycles. The molecule has 0 saturated heterocycles. The molecule has 0 fully saturated rings. The van der Waals surface area contributed by atoms with E-state index in [2.05, 4.69) is 10.2 Å². The Bertz CT molecular complexity index is 226. The number of nitrogens with zero attached hydrogens (tertiary/aromatic N) is 3. The summed E-state index contributed by atoms with van der Waals surface area (Å²) in [6, 6.07) is 0. The highest BCUT2D eigenvalue weighted by atomic mass is 16.5. The summed E-state index contributed by atoms with van der Waals surface area (Å²) in [5.41, 5.74) is 0.113. The van der Waals surface area contributed by atoms with Crippen LogP contribution < -0.4 is 5.59 Å². The molecule has 1 aromatic rings. The lowest BCUT2D eigenvalue weighted by Gasteiger charge is -1.94. The molecule has 0 bridgehead atoms. The van der Waals surface area contributed by atoms with Crippen molar-refractivity contribution in [2.24, 2.45) is 0 Å². The molecule has 0 aliphatic carbocycles. The third kappa shape index (κ3) is 2.00. The van der Waals surface area contributed by atoms with Crippen molar-refractivity contribution in [1.29, 1.82) is 0 Å². The topological polar surface area (TPSA) is 80.4 Å². The monoisotopic (exact) mass is 157 g/mol. The van der Waals surface area contributed by atoms with Crippen molar-refractivity contribution < 1.29 is 14.8 Å². The number of ether oxygens (including phenoxy) is 1. The van der Waals surface area contributed by atoms with Crippen LogP contribution in [0.15, 0.2) is 6.20 Å². The molecule has 0 atom stereocenters. The van der Waals surface area contributed by atoms with E-state index < -0.39 is 7.12 Å². The van der Waals surface area contributed by atoms with Crippen molar-refractivity contribution in [1.82, 2.24) is 15.0 Å². The van der Waals surface area contributed by atoms with Gasteiger partial charge in [0.15, 0.2) is 6.73 Å². The van der Waals surface area contributed by atoms with Crippen LogP contribution in [-0.4, -0.2) is 39.3 Å². The molecular weight excluding hydrogens is 149 g/mol. The lowest BCUT2D eigenvalue weighted by Crippen LogP contribution is -2.31. The molecule has 2 N–H and O–H groups in total. The quantitative estimate of drug-likeness (QED) is 0.476. The normalized spacial score (nSPS) is 10.1. The summed E-state index contributed by atoms with van der Waals surface area (Å²) in [6.07, 6.45) is 1.27.